The molecule has 2 rings (SSSR count). The van der Waals surface area contributed by atoms with Crippen molar-refractivity contribution in [2.45, 2.75) is 84.1 Å². The van der Waals surface area contributed by atoms with E-state index < -0.39 is 66.5 Å². The van der Waals surface area contributed by atoms with E-state index in [-0.39, 0.29) is 19.8 Å². The highest BCUT2D eigenvalue weighted by Gasteiger charge is 2.53. The third-order valence-corrected chi connectivity index (χ3v) is 4.46. The van der Waals surface area contributed by atoms with Crippen molar-refractivity contribution >= 4 is 23.9 Å². The number of carbonyl (C=O) groups is 4. The Hall–Kier alpha value is -2.28. The lowest BCUT2D eigenvalue weighted by Crippen LogP contribution is -2.63. The molecule has 0 saturated carbocycles. The van der Waals surface area contributed by atoms with Gasteiger partial charge in [-0.3, -0.25) is 19.2 Å². The zero-order chi connectivity index (χ0) is 24.1. The molecule has 12 nitrogen and oxygen atoms in total. The van der Waals surface area contributed by atoms with Gasteiger partial charge in [0.2, 0.25) is 0 Å². The Morgan fingerprint density at radius 2 is 1.38 bits per heavy atom. The fourth-order valence-electron chi connectivity index (χ4n) is 3.37. The van der Waals surface area contributed by atoms with Crippen molar-refractivity contribution in [2.75, 3.05) is 19.8 Å². The van der Waals surface area contributed by atoms with Gasteiger partial charge in [0.25, 0.3) is 0 Å². The third kappa shape index (κ3) is 7.69. The lowest BCUT2D eigenvalue weighted by Gasteiger charge is -2.44. The molecule has 0 radical (unpaired) electrons. The van der Waals surface area contributed by atoms with Crippen LogP contribution in [0.4, 0.5) is 0 Å². The first-order valence-corrected chi connectivity index (χ1v) is 10.1. The van der Waals surface area contributed by atoms with E-state index in [4.69, 9.17) is 37.9 Å². The average molecular weight is 462 g/mol. The summed E-state index contributed by atoms with van der Waals surface area (Å²) in [6.07, 6.45) is -6.53. The van der Waals surface area contributed by atoms with Crippen molar-refractivity contribution < 1.29 is 57.1 Å². The van der Waals surface area contributed by atoms with Gasteiger partial charge in [0, 0.05) is 27.7 Å². The van der Waals surface area contributed by atoms with Crippen LogP contribution < -0.4 is 0 Å². The monoisotopic (exact) mass is 462 g/mol. The largest absolute Gasteiger partial charge is 0.463 e. The summed E-state index contributed by atoms with van der Waals surface area (Å²) in [6.45, 7) is 8.09. The van der Waals surface area contributed by atoms with Gasteiger partial charge in [0.05, 0.1) is 13.2 Å². The van der Waals surface area contributed by atoms with Gasteiger partial charge in [-0.2, -0.15) is 0 Å². The highest BCUT2D eigenvalue weighted by molar-refractivity contribution is 5.68. The molecule has 2 aliphatic heterocycles. The molecule has 0 N–H and O–H groups in total. The Kier molecular flexibility index (Phi) is 8.96. The molecule has 0 aromatic carbocycles. The summed E-state index contributed by atoms with van der Waals surface area (Å²) in [6, 6.07) is 0. The summed E-state index contributed by atoms with van der Waals surface area (Å²) in [5, 5.41) is 0. The lowest BCUT2D eigenvalue weighted by molar-refractivity contribution is -0.311. The Bertz CT molecular complexity index is 705. The van der Waals surface area contributed by atoms with E-state index in [1.54, 1.807) is 13.8 Å². The highest BCUT2D eigenvalue weighted by atomic mass is 16.8. The lowest BCUT2D eigenvalue weighted by atomic mass is 9.98. The smallest absolute Gasteiger partial charge is 0.303 e. The van der Waals surface area contributed by atoms with Gasteiger partial charge in [0.15, 0.2) is 30.4 Å². The van der Waals surface area contributed by atoms with Crippen LogP contribution in [0.5, 0.6) is 0 Å². The molecule has 2 heterocycles. The number of carbonyl (C=O) groups excluding carboxylic acids is 4. The fraction of sp³-hybridized carbons (Fsp3) is 0.800. The van der Waals surface area contributed by atoms with Gasteiger partial charge in [0.1, 0.15) is 18.8 Å². The van der Waals surface area contributed by atoms with Gasteiger partial charge < -0.3 is 37.9 Å². The van der Waals surface area contributed by atoms with E-state index in [0.29, 0.717) is 0 Å². The van der Waals surface area contributed by atoms with Crippen LogP contribution in [0.15, 0.2) is 0 Å². The number of esters is 4. The van der Waals surface area contributed by atoms with Gasteiger partial charge >= 0.3 is 23.9 Å². The normalized spacial score (nSPS) is 31.4. The number of ether oxygens (including phenoxy) is 8. The minimum atomic E-state index is -1.28. The van der Waals surface area contributed by atoms with E-state index in [9.17, 15) is 19.2 Å². The van der Waals surface area contributed by atoms with Crippen molar-refractivity contribution in [3.05, 3.63) is 0 Å². The zero-order valence-corrected chi connectivity index (χ0v) is 19.0. The molecule has 2 saturated heterocycles. The summed E-state index contributed by atoms with van der Waals surface area (Å²) in [7, 11) is 0. The molecule has 0 aromatic rings. The molecular formula is C20H30O12. The van der Waals surface area contributed by atoms with Crippen molar-refractivity contribution in [3.63, 3.8) is 0 Å². The predicted octanol–water partition coefficient (Wildman–Crippen LogP) is 0.238. The van der Waals surface area contributed by atoms with Crippen molar-refractivity contribution in [2.24, 2.45) is 0 Å². The quantitative estimate of drug-likeness (QED) is 0.360. The number of rotatable bonds is 8. The number of hydrogen-bond donors (Lipinski definition) is 0. The summed E-state index contributed by atoms with van der Waals surface area (Å²) in [4.78, 5) is 46.6. The van der Waals surface area contributed by atoms with Gasteiger partial charge in [-0.1, -0.05) is 0 Å². The van der Waals surface area contributed by atoms with Crippen LogP contribution in [0.2, 0.25) is 0 Å². The first-order chi connectivity index (χ1) is 14.9. The third-order valence-electron chi connectivity index (χ3n) is 4.46. The first kappa shape index (κ1) is 26.0. The molecule has 2 aliphatic rings. The molecular weight excluding hydrogens is 432 g/mol. The zero-order valence-electron chi connectivity index (χ0n) is 19.0. The Labute approximate surface area is 185 Å². The molecule has 32 heavy (non-hydrogen) atoms. The Balaban J connectivity index is 2.28. The standard InChI is InChI=1S/C20H30O12/c1-10(21)25-9-15-16(28-11(2)22)17(29-12(3)23)18(30-13(4)24)19(31-15)26-7-14-8-27-20(5,6)32-14/h14-19H,7-9H2,1-6H3/t14?,15?,16-,17-,18?,19+/m0/s1. The van der Waals surface area contributed by atoms with E-state index in [2.05, 4.69) is 0 Å². The topological polar surface area (TPSA) is 142 Å². The van der Waals surface area contributed by atoms with E-state index in [1.165, 1.54) is 6.92 Å². The summed E-state index contributed by atoms with van der Waals surface area (Å²) in [5.74, 6) is -3.51. The van der Waals surface area contributed by atoms with Crippen molar-refractivity contribution in [3.8, 4) is 0 Å². The molecule has 12 heteroatoms. The molecule has 2 fully saturated rings. The van der Waals surface area contributed by atoms with Gasteiger partial charge in [-0.15, -0.1) is 0 Å². The summed E-state index contributed by atoms with van der Waals surface area (Å²) >= 11 is 0. The maximum absolute atomic E-state index is 11.8. The van der Waals surface area contributed by atoms with Crippen molar-refractivity contribution in [1.29, 1.82) is 0 Å². The summed E-state index contributed by atoms with van der Waals surface area (Å²) < 4.78 is 43.8. The van der Waals surface area contributed by atoms with Crippen LogP contribution in [0, 0.1) is 0 Å². The molecule has 3 unspecified atom stereocenters. The van der Waals surface area contributed by atoms with Crippen LogP contribution in [0.25, 0.3) is 0 Å². The maximum Gasteiger partial charge on any atom is 0.303 e. The highest BCUT2D eigenvalue weighted by Crippen LogP contribution is 2.31. The van der Waals surface area contributed by atoms with Crippen LogP contribution >= 0.6 is 0 Å². The van der Waals surface area contributed by atoms with Crippen molar-refractivity contribution in [1.82, 2.24) is 0 Å². The minimum Gasteiger partial charge on any atom is -0.463 e. The maximum atomic E-state index is 11.8. The second-order valence-electron chi connectivity index (χ2n) is 7.85. The first-order valence-electron chi connectivity index (χ1n) is 10.1. The Morgan fingerprint density at radius 1 is 0.812 bits per heavy atom. The molecule has 0 spiro atoms. The molecule has 6 atom stereocenters. The van der Waals surface area contributed by atoms with Crippen LogP contribution in [0.1, 0.15) is 41.5 Å². The molecule has 182 valence electrons. The van der Waals surface area contributed by atoms with E-state index in [1.807, 2.05) is 0 Å². The Morgan fingerprint density at radius 3 is 1.88 bits per heavy atom. The van der Waals surface area contributed by atoms with Gasteiger partial charge in [-0.25, -0.2) is 0 Å². The molecule has 0 aromatic heterocycles. The van der Waals surface area contributed by atoms with E-state index >= 15 is 0 Å². The predicted molar refractivity (Wildman–Crippen MR) is 103 cm³/mol. The second-order valence-corrected chi connectivity index (χ2v) is 7.85. The molecule has 0 amide bonds. The average Bonchev–Trinajstić information content (AvgIpc) is 3.00. The second kappa shape index (κ2) is 11.0. The van der Waals surface area contributed by atoms with Crippen LogP contribution in [-0.2, 0) is 57.1 Å². The molecule has 0 aliphatic carbocycles. The van der Waals surface area contributed by atoms with Crippen LogP contribution in [-0.4, -0.2) is 86.3 Å². The SMILES string of the molecule is CC(=O)OCC1O[C@@H](OCC2COC(C)(C)O2)C(OC(C)=O)[C@@H](OC(C)=O)[C@H]1OC(C)=O. The molecule has 0 bridgehead atoms. The number of hydrogen-bond acceptors (Lipinski definition) is 12. The van der Waals surface area contributed by atoms with E-state index in [0.717, 1.165) is 20.8 Å². The van der Waals surface area contributed by atoms with Crippen LogP contribution in [0.3, 0.4) is 0 Å². The minimum absolute atomic E-state index is 0.00281. The fourth-order valence-corrected chi connectivity index (χ4v) is 3.37. The van der Waals surface area contributed by atoms with Gasteiger partial charge in [-0.05, 0) is 13.8 Å². The summed E-state index contributed by atoms with van der Waals surface area (Å²) in [5.41, 5.74) is 0.